The van der Waals surface area contributed by atoms with Gasteiger partial charge < -0.3 is 10.6 Å². The second-order valence-electron chi connectivity index (χ2n) is 2.50. The second-order valence-corrected chi connectivity index (χ2v) is 2.50. The van der Waals surface area contributed by atoms with Crippen molar-refractivity contribution in [2.45, 2.75) is 26.3 Å². The molecular formula is C7H15N3. The van der Waals surface area contributed by atoms with E-state index >= 15 is 0 Å². The summed E-state index contributed by atoms with van der Waals surface area (Å²) in [5, 5.41) is 13.9. The molecule has 2 N–H and O–H groups in total. The summed E-state index contributed by atoms with van der Waals surface area (Å²) in [5.41, 5.74) is 0. The molecule has 0 saturated heterocycles. The highest BCUT2D eigenvalue weighted by atomic mass is 14.9. The Morgan fingerprint density at radius 3 is 2.60 bits per heavy atom. The summed E-state index contributed by atoms with van der Waals surface area (Å²) < 4.78 is 0. The Balaban J connectivity index is 2.86. The molecule has 0 radical (unpaired) electrons. The van der Waals surface area contributed by atoms with E-state index in [4.69, 9.17) is 5.26 Å². The molecule has 0 spiro atoms. The molecular weight excluding hydrogens is 126 g/mol. The molecule has 0 aromatic rings. The minimum atomic E-state index is 0.544. The topological polar surface area (TPSA) is 47.8 Å². The molecule has 3 nitrogen and oxygen atoms in total. The van der Waals surface area contributed by atoms with Crippen molar-refractivity contribution in [2.75, 3.05) is 13.1 Å². The molecule has 0 rings (SSSR count). The normalized spacial score (nSPS) is 9.40. The van der Waals surface area contributed by atoms with Crippen LogP contribution in [0, 0.1) is 11.5 Å². The fraction of sp³-hybridized carbons (Fsp3) is 0.857. The Hall–Kier alpha value is -0.750. The Morgan fingerprint density at radius 2 is 2.10 bits per heavy atom. The first-order valence-corrected chi connectivity index (χ1v) is 3.62. The molecule has 0 aliphatic rings. The maximum absolute atomic E-state index is 8.09. The predicted octanol–water partition coefficient (Wildman–Crippen LogP) is 0.445. The Kier molecular flexibility index (Phi) is 5.89. The molecule has 0 aromatic heterocycles. The maximum Gasteiger partial charge on any atom is 0.176 e. The zero-order valence-electron chi connectivity index (χ0n) is 6.65. The van der Waals surface area contributed by atoms with Gasteiger partial charge in [-0.05, 0) is 13.0 Å². The van der Waals surface area contributed by atoms with Gasteiger partial charge in [-0.2, -0.15) is 5.26 Å². The van der Waals surface area contributed by atoms with E-state index < -0.39 is 0 Å². The van der Waals surface area contributed by atoms with E-state index in [0.29, 0.717) is 6.04 Å². The number of nitrogens with one attached hydrogen (secondary N) is 2. The molecule has 58 valence electrons. The maximum atomic E-state index is 8.09. The average Bonchev–Trinajstić information content (AvgIpc) is 1.87. The van der Waals surface area contributed by atoms with Crippen molar-refractivity contribution in [1.82, 2.24) is 10.6 Å². The van der Waals surface area contributed by atoms with E-state index in [-0.39, 0.29) is 0 Å². The molecule has 0 bridgehead atoms. The molecule has 0 aliphatic heterocycles. The number of hydrogen-bond donors (Lipinski definition) is 2. The van der Waals surface area contributed by atoms with Gasteiger partial charge in [-0.1, -0.05) is 13.8 Å². The van der Waals surface area contributed by atoms with Crippen molar-refractivity contribution in [3.63, 3.8) is 0 Å². The molecule has 0 atom stereocenters. The minimum absolute atomic E-state index is 0.544. The molecule has 10 heavy (non-hydrogen) atoms. The van der Waals surface area contributed by atoms with Crippen molar-refractivity contribution in [3.8, 4) is 6.19 Å². The van der Waals surface area contributed by atoms with Crippen LogP contribution in [-0.2, 0) is 0 Å². The zero-order valence-corrected chi connectivity index (χ0v) is 6.65. The number of hydrogen-bond acceptors (Lipinski definition) is 3. The first kappa shape index (κ1) is 9.25. The zero-order chi connectivity index (χ0) is 7.82. The third-order valence-electron chi connectivity index (χ3n) is 1.11. The van der Waals surface area contributed by atoms with Crippen LogP contribution in [0.15, 0.2) is 0 Å². The molecule has 0 saturated carbocycles. The SMILES string of the molecule is CC(C)NCCCNC#N. The fourth-order valence-corrected chi connectivity index (χ4v) is 0.623. The molecule has 0 unspecified atom stereocenters. The predicted molar refractivity (Wildman–Crippen MR) is 41.4 cm³/mol. The monoisotopic (exact) mass is 141 g/mol. The van der Waals surface area contributed by atoms with Crippen molar-refractivity contribution in [3.05, 3.63) is 0 Å². The van der Waals surface area contributed by atoms with E-state index in [1.807, 2.05) is 6.19 Å². The van der Waals surface area contributed by atoms with Crippen LogP contribution in [0.2, 0.25) is 0 Å². The van der Waals surface area contributed by atoms with Gasteiger partial charge in [0, 0.05) is 12.6 Å². The van der Waals surface area contributed by atoms with Gasteiger partial charge in [-0.25, -0.2) is 0 Å². The average molecular weight is 141 g/mol. The van der Waals surface area contributed by atoms with Gasteiger partial charge in [0.2, 0.25) is 0 Å². The minimum Gasteiger partial charge on any atom is -0.324 e. The first-order valence-electron chi connectivity index (χ1n) is 3.62. The van der Waals surface area contributed by atoms with Gasteiger partial charge >= 0.3 is 0 Å². The highest BCUT2D eigenvalue weighted by Gasteiger charge is 1.89. The first-order chi connectivity index (χ1) is 4.77. The Labute approximate surface area is 62.4 Å². The van der Waals surface area contributed by atoms with Crippen LogP contribution < -0.4 is 10.6 Å². The number of rotatable bonds is 5. The second kappa shape index (κ2) is 6.37. The van der Waals surface area contributed by atoms with Crippen molar-refractivity contribution >= 4 is 0 Å². The summed E-state index contributed by atoms with van der Waals surface area (Å²) >= 11 is 0. The van der Waals surface area contributed by atoms with Gasteiger partial charge in [0.25, 0.3) is 0 Å². The van der Waals surface area contributed by atoms with E-state index in [1.165, 1.54) is 0 Å². The molecule has 0 aromatic carbocycles. The number of nitrogens with zero attached hydrogens (tertiary/aromatic N) is 1. The van der Waals surface area contributed by atoms with Crippen LogP contribution in [0.1, 0.15) is 20.3 Å². The summed E-state index contributed by atoms with van der Waals surface area (Å²) in [6, 6.07) is 0.544. The lowest BCUT2D eigenvalue weighted by Gasteiger charge is -2.05. The fourth-order valence-electron chi connectivity index (χ4n) is 0.623. The molecule has 0 aliphatic carbocycles. The van der Waals surface area contributed by atoms with Gasteiger partial charge in [-0.3, -0.25) is 0 Å². The lowest BCUT2D eigenvalue weighted by Crippen LogP contribution is -2.25. The van der Waals surface area contributed by atoms with Crippen LogP contribution in [0.5, 0.6) is 0 Å². The third-order valence-corrected chi connectivity index (χ3v) is 1.11. The van der Waals surface area contributed by atoms with Crippen LogP contribution in [-0.4, -0.2) is 19.1 Å². The highest BCUT2D eigenvalue weighted by molar-refractivity contribution is 4.64. The van der Waals surface area contributed by atoms with Crippen LogP contribution in [0.25, 0.3) is 0 Å². The summed E-state index contributed by atoms with van der Waals surface area (Å²) in [7, 11) is 0. The van der Waals surface area contributed by atoms with Crippen molar-refractivity contribution < 1.29 is 0 Å². The van der Waals surface area contributed by atoms with Crippen molar-refractivity contribution in [2.24, 2.45) is 0 Å². The van der Waals surface area contributed by atoms with E-state index in [2.05, 4.69) is 24.5 Å². The van der Waals surface area contributed by atoms with Gasteiger partial charge in [0.05, 0.1) is 0 Å². The van der Waals surface area contributed by atoms with E-state index in [0.717, 1.165) is 19.5 Å². The molecule has 0 amide bonds. The van der Waals surface area contributed by atoms with Gasteiger partial charge in [0.1, 0.15) is 0 Å². The molecule has 3 heteroatoms. The number of nitriles is 1. The Bertz CT molecular complexity index is 104. The van der Waals surface area contributed by atoms with Crippen LogP contribution in [0.4, 0.5) is 0 Å². The largest absolute Gasteiger partial charge is 0.324 e. The molecule has 0 fully saturated rings. The van der Waals surface area contributed by atoms with Crippen LogP contribution >= 0.6 is 0 Å². The summed E-state index contributed by atoms with van der Waals surface area (Å²) in [5.74, 6) is 0. The standard InChI is InChI=1S/C7H15N3/c1-7(2)10-5-3-4-9-6-8/h7,9-10H,3-5H2,1-2H3. The van der Waals surface area contributed by atoms with E-state index in [1.54, 1.807) is 0 Å². The molecule has 0 heterocycles. The lowest BCUT2D eigenvalue weighted by atomic mass is 10.3. The summed E-state index contributed by atoms with van der Waals surface area (Å²) in [4.78, 5) is 0. The quantitative estimate of drug-likeness (QED) is 0.332. The summed E-state index contributed by atoms with van der Waals surface area (Å²) in [6.07, 6.45) is 2.88. The Morgan fingerprint density at radius 1 is 1.40 bits per heavy atom. The van der Waals surface area contributed by atoms with E-state index in [9.17, 15) is 0 Å². The van der Waals surface area contributed by atoms with Crippen molar-refractivity contribution in [1.29, 1.82) is 5.26 Å². The lowest BCUT2D eigenvalue weighted by molar-refractivity contribution is 0.565. The van der Waals surface area contributed by atoms with Crippen LogP contribution in [0.3, 0.4) is 0 Å². The third kappa shape index (κ3) is 7.25. The summed E-state index contributed by atoms with van der Waals surface area (Å²) in [6.45, 7) is 5.97. The highest BCUT2D eigenvalue weighted by Crippen LogP contribution is 1.77. The smallest absolute Gasteiger partial charge is 0.176 e. The van der Waals surface area contributed by atoms with Gasteiger partial charge in [0.15, 0.2) is 6.19 Å². The van der Waals surface area contributed by atoms with Gasteiger partial charge in [-0.15, -0.1) is 0 Å².